The van der Waals surface area contributed by atoms with Crippen LogP contribution in [-0.2, 0) is 5.54 Å². The lowest BCUT2D eigenvalue weighted by molar-refractivity contribution is 0.358. The Morgan fingerprint density at radius 3 is 2.29 bits per heavy atom. The molecule has 0 radical (unpaired) electrons. The van der Waals surface area contributed by atoms with Gasteiger partial charge in [0, 0.05) is 5.56 Å². The molecule has 0 saturated carbocycles. The van der Waals surface area contributed by atoms with Crippen LogP contribution in [0.1, 0.15) is 20.8 Å². The van der Waals surface area contributed by atoms with E-state index < -0.39 is 0 Å². The Morgan fingerprint density at radius 2 is 1.76 bits per heavy atom. The molecule has 17 heavy (non-hydrogen) atoms. The molecule has 0 aliphatic rings. The topological polar surface area (TPSA) is 38.0 Å². The highest BCUT2D eigenvalue weighted by atomic mass is 19.1. The van der Waals surface area contributed by atoms with Gasteiger partial charge in [-0.05, 0) is 45.0 Å². The predicted octanol–water partition coefficient (Wildman–Crippen LogP) is 3.15. The second kappa shape index (κ2) is 3.87. The van der Waals surface area contributed by atoms with Crippen LogP contribution in [0.5, 0.6) is 5.75 Å². The summed E-state index contributed by atoms with van der Waals surface area (Å²) < 4.78 is 14.6. The van der Waals surface area contributed by atoms with Gasteiger partial charge in [0.15, 0.2) is 5.75 Å². The highest BCUT2D eigenvalue weighted by molar-refractivity contribution is 5.66. The number of rotatable bonds is 1. The molecule has 0 saturated heterocycles. The van der Waals surface area contributed by atoms with Crippen LogP contribution in [0.2, 0.25) is 0 Å². The van der Waals surface area contributed by atoms with Gasteiger partial charge in [-0.25, -0.2) is 4.39 Å². The lowest BCUT2D eigenvalue weighted by atomic mass is 10.1. The van der Waals surface area contributed by atoms with Crippen LogP contribution in [-0.4, -0.2) is 14.9 Å². The van der Waals surface area contributed by atoms with Crippen LogP contribution < -0.4 is 0 Å². The third-order valence-corrected chi connectivity index (χ3v) is 2.50. The molecule has 0 aliphatic carbocycles. The van der Waals surface area contributed by atoms with Crippen molar-refractivity contribution in [1.29, 1.82) is 0 Å². The highest BCUT2D eigenvalue weighted by Gasteiger charge is 2.21. The van der Waals surface area contributed by atoms with Gasteiger partial charge in [0.1, 0.15) is 11.5 Å². The molecule has 0 aliphatic heterocycles. The Hall–Kier alpha value is -1.84. The van der Waals surface area contributed by atoms with Crippen LogP contribution in [0.25, 0.3) is 11.3 Å². The van der Waals surface area contributed by atoms with Crippen molar-refractivity contribution in [2.75, 3.05) is 0 Å². The summed E-state index contributed by atoms with van der Waals surface area (Å²) >= 11 is 0. The molecule has 0 atom stereocenters. The number of benzene rings is 1. The summed E-state index contributed by atoms with van der Waals surface area (Å²) in [5.74, 6) is -0.193. The highest BCUT2D eigenvalue weighted by Crippen LogP contribution is 2.32. The maximum Gasteiger partial charge on any atom is 0.161 e. The summed E-state index contributed by atoms with van der Waals surface area (Å²) in [4.78, 5) is 0. The van der Waals surface area contributed by atoms with E-state index in [0.717, 1.165) is 5.56 Å². The molecule has 0 fully saturated rings. The lowest BCUT2D eigenvalue weighted by Crippen LogP contribution is -2.23. The van der Waals surface area contributed by atoms with Crippen LogP contribution in [0.4, 0.5) is 4.39 Å². The molecule has 0 amide bonds. The Balaban J connectivity index is 2.59. The number of aromatic nitrogens is 2. The first-order valence-corrected chi connectivity index (χ1v) is 5.43. The van der Waals surface area contributed by atoms with E-state index in [1.807, 2.05) is 20.8 Å². The zero-order valence-corrected chi connectivity index (χ0v) is 10.1. The maximum atomic E-state index is 12.9. The van der Waals surface area contributed by atoms with E-state index in [-0.39, 0.29) is 17.1 Å². The predicted molar refractivity (Wildman–Crippen MR) is 64.3 cm³/mol. The van der Waals surface area contributed by atoms with Crippen molar-refractivity contribution in [3.63, 3.8) is 0 Å². The number of hydrogen-bond acceptors (Lipinski definition) is 2. The quantitative estimate of drug-likeness (QED) is 0.823. The molecule has 1 aromatic carbocycles. The number of nitrogens with zero attached hydrogens (tertiary/aromatic N) is 2. The number of aromatic hydroxyl groups is 1. The maximum absolute atomic E-state index is 12.9. The van der Waals surface area contributed by atoms with E-state index in [4.69, 9.17) is 0 Å². The Morgan fingerprint density at radius 1 is 1.18 bits per heavy atom. The largest absolute Gasteiger partial charge is 0.504 e. The van der Waals surface area contributed by atoms with Crippen LogP contribution in [0, 0.1) is 5.82 Å². The van der Waals surface area contributed by atoms with Gasteiger partial charge in [-0.2, -0.15) is 5.10 Å². The summed E-state index contributed by atoms with van der Waals surface area (Å²) in [7, 11) is 0. The van der Waals surface area contributed by atoms with E-state index in [1.165, 1.54) is 18.3 Å². The van der Waals surface area contributed by atoms with Crippen molar-refractivity contribution < 1.29 is 9.50 Å². The summed E-state index contributed by atoms with van der Waals surface area (Å²) in [6, 6.07) is 6.01. The molecule has 0 spiro atoms. The molecule has 1 aromatic heterocycles. The summed E-state index contributed by atoms with van der Waals surface area (Å²) in [6.07, 6.45) is 1.41. The molecule has 90 valence electrons. The molecule has 2 aromatic rings. The zero-order valence-electron chi connectivity index (χ0n) is 10.1. The first kappa shape index (κ1) is 11.6. The third kappa shape index (κ3) is 2.16. The van der Waals surface area contributed by atoms with Gasteiger partial charge in [0.25, 0.3) is 0 Å². The van der Waals surface area contributed by atoms with Gasteiger partial charge < -0.3 is 5.11 Å². The van der Waals surface area contributed by atoms with Crippen molar-refractivity contribution in [1.82, 2.24) is 9.78 Å². The standard InChI is InChI=1S/C13H15FN2O/c1-13(2,3)16-12(11(17)8-15-16)9-4-6-10(14)7-5-9/h4-8,17H,1-3H3. The number of halogens is 1. The first-order valence-electron chi connectivity index (χ1n) is 5.43. The van der Waals surface area contributed by atoms with E-state index in [1.54, 1.807) is 16.8 Å². The fraction of sp³-hybridized carbons (Fsp3) is 0.308. The van der Waals surface area contributed by atoms with Gasteiger partial charge in [0.2, 0.25) is 0 Å². The smallest absolute Gasteiger partial charge is 0.161 e. The average Bonchev–Trinajstić information content (AvgIpc) is 2.61. The molecule has 1 N–H and O–H groups in total. The van der Waals surface area contributed by atoms with Crippen LogP contribution in [0.3, 0.4) is 0 Å². The molecule has 0 unspecified atom stereocenters. The molecular formula is C13H15FN2O. The molecule has 0 bridgehead atoms. The Kier molecular flexibility index (Phi) is 2.65. The van der Waals surface area contributed by atoms with Crippen LogP contribution in [0.15, 0.2) is 30.5 Å². The Bertz CT molecular complexity index is 523. The van der Waals surface area contributed by atoms with Crippen LogP contribution >= 0.6 is 0 Å². The molecular weight excluding hydrogens is 219 g/mol. The summed E-state index contributed by atoms with van der Waals surface area (Å²) in [5, 5.41) is 14.0. The Labute approximate surface area is 99.5 Å². The van der Waals surface area contributed by atoms with Crippen molar-refractivity contribution in [3.05, 3.63) is 36.3 Å². The number of hydrogen-bond donors (Lipinski definition) is 1. The van der Waals surface area contributed by atoms with Crippen molar-refractivity contribution in [2.45, 2.75) is 26.3 Å². The van der Waals surface area contributed by atoms with Gasteiger partial charge in [0.05, 0.1) is 11.7 Å². The van der Waals surface area contributed by atoms with Gasteiger partial charge in [-0.3, -0.25) is 4.68 Å². The van der Waals surface area contributed by atoms with Crippen molar-refractivity contribution in [3.8, 4) is 17.0 Å². The normalized spacial score (nSPS) is 11.8. The van der Waals surface area contributed by atoms with E-state index in [9.17, 15) is 9.50 Å². The van der Waals surface area contributed by atoms with E-state index >= 15 is 0 Å². The summed E-state index contributed by atoms with van der Waals surface area (Å²) in [6.45, 7) is 5.98. The minimum atomic E-state index is -0.296. The molecule has 2 rings (SSSR count). The second-order valence-electron chi connectivity index (χ2n) is 4.97. The van der Waals surface area contributed by atoms with Gasteiger partial charge >= 0.3 is 0 Å². The minimum absolute atomic E-state index is 0.103. The van der Waals surface area contributed by atoms with E-state index in [0.29, 0.717) is 5.69 Å². The molecule has 1 heterocycles. The van der Waals surface area contributed by atoms with Gasteiger partial charge in [-0.1, -0.05) is 0 Å². The SMILES string of the molecule is CC(C)(C)n1ncc(O)c1-c1ccc(F)cc1. The monoisotopic (exact) mass is 234 g/mol. The van der Waals surface area contributed by atoms with Crippen molar-refractivity contribution >= 4 is 0 Å². The minimum Gasteiger partial charge on any atom is -0.504 e. The zero-order chi connectivity index (χ0) is 12.6. The fourth-order valence-electron chi connectivity index (χ4n) is 1.73. The molecule has 3 nitrogen and oxygen atoms in total. The van der Waals surface area contributed by atoms with E-state index in [2.05, 4.69) is 5.10 Å². The molecule has 4 heteroatoms. The fourth-order valence-corrected chi connectivity index (χ4v) is 1.73. The lowest BCUT2D eigenvalue weighted by Gasteiger charge is -2.22. The van der Waals surface area contributed by atoms with Gasteiger partial charge in [-0.15, -0.1) is 0 Å². The first-order chi connectivity index (χ1) is 7.89. The summed E-state index contributed by atoms with van der Waals surface area (Å²) in [5.41, 5.74) is 1.11. The van der Waals surface area contributed by atoms with Crippen molar-refractivity contribution in [2.24, 2.45) is 0 Å². The average molecular weight is 234 g/mol. The second-order valence-corrected chi connectivity index (χ2v) is 4.97. The third-order valence-electron chi connectivity index (χ3n) is 2.50.